The fraction of sp³-hybridized carbons (Fsp3) is 0.188. The molecule has 0 aliphatic carbocycles. The lowest BCUT2D eigenvalue weighted by Crippen LogP contribution is -2.08. The highest BCUT2D eigenvalue weighted by Gasteiger charge is 2.22. The highest BCUT2D eigenvalue weighted by Crippen LogP contribution is 2.29. The third-order valence-corrected chi connectivity index (χ3v) is 3.58. The summed E-state index contributed by atoms with van der Waals surface area (Å²) in [6.45, 7) is 3.78. The molecule has 4 nitrogen and oxygen atoms in total. The maximum atomic E-state index is 12.6. The van der Waals surface area contributed by atoms with Gasteiger partial charge in [-0.25, -0.2) is 9.50 Å². The molecular weight excluding hydrogens is 286 g/mol. The maximum absolute atomic E-state index is 12.6. The van der Waals surface area contributed by atoms with Crippen LogP contribution in [0.2, 0.25) is 5.02 Å². The van der Waals surface area contributed by atoms with Crippen LogP contribution in [0.5, 0.6) is 0 Å². The number of carbonyl (C=O) groups is 1. The first-order valence-electron chi connectivity index (χ1n) is 6.70. The smallest absolute Gasteiger partial charge is 0.169 e. The molecule has 0 fully saturated rings. The molecule has 0 aliphatic heterocycles. The Bertz CT molecular complexity index is 806. The standard InChI is InChI=1S/C16H14ClN3O/c1-10(2)16(21)14-13-7-8-18-9-20(13)19-15(14)11-3-5-12(17)6-4-11/h3-10H,1-2H3. The van der Waals surface area contributed by atoms with E-state index in [4.69, 9.17) is 11.6 Å². The molecule has 106 valence electrons. The van der Waals surface area contributed by atoms with Crippen LogP contribution >= 0.6 is 11.6 Å². The molecule has 0 saturated heterocycles. The van der Waals surface area contributed by atoms with Gasteiger partial charge in [-0.3, -0.25) is 4.79 Å². The van der Waals surface area contributed by atoms with Gasteiger partial charge < -0.3 is 0 Å². The van der Waals surface area contributed by atoms with Crippen LogP contribution in [-0.2, 0) is 0 Å². The summed E-state index contributed by atoms with van der Waals surface area (Å²) in [6, 6.07) is 9.14. The third-order valence-electron chi connectivity index (χ3n) is 3.33. The van der Waals surface area contributed by atoms with Gasteiger partial charge in [0.05, 0.1) is 11.1 Å². The van der Waals surface area contributed by atoms with Crippen LogP contribution in [0.3, 0.4) is 0 Å². The van der Waals surface area contributed by atoms with Gasteiger partial charge in [0.15, 0.2) is 5.78 Å². The Morgan fingerprint density at radius 3 is 2.57 bits per heavy atom. The average molecular weight is 300 g/mol. The Hall–Kier alpha value is -2.20. The van der Waals surface area contributed by atoms with Crippen molar-refractivity contribution in [3.8, 4) is 11.3 Å². The zero-order valence-corrected chi connectivity index (χ0v) is 12.5. The Balaban J connectivity index is 2.28. The minimum atomic E-state index is -0.0998. The van der Waals surface area contributed by atoms with Crippen LogP contribution in [0.25, 0.3) is 16.8 Å². The van der Waals surface area contributed by atoms with Crippen molar-refractivity contribution in [1.82, 2.24) is 14.6 Å². The molecule has 0 bridgehead atoms. The van der Waals surface area contributed by atoms with Crippen LogP contribution in [0, 0.1) is 5.92 Å². The largest absolute Gasteiger partial charge is 0.294 e. The van der Waals surface area contributed by atoms with Crippen molar-refractivity contribution < 1.29 is 4.79 Å². The molecule has 0 unspecified atom stereocenters. The summed E-state index contributed by atoms with van der Waals surface area (Å²) in [5, 5.41) is 5.16. The molecule has 2 aromatic heterocycles. The number of halogens is 1. The van der Waals surface area contributed by atoms with Crippen molar-refractivity contribution in [1.29, 1.82) is 0 Å². The van der Waals surface area contributed by atoms with Crippen molar-refractivity contribution in [2.24, 2.45) is 5.92 Å². The molecule has 0 spiro atoms. The highest BCUT2D eigenvalue weighted by molar-refractivity contribution is 6.30. The number of hydrogen-bond donors (Lipinski definition) is 0. The lowest BCUT2D eigenvalue weighted by Gasteiger charge is -2.05. The number of Topliss-reactive ketones (excluding diaryl/α,β-unsaturated/α-hetero) is 1. The van der Waals surface area contributed by atoms with Gasteiger partial charge in [-0.2, -0.15) is 5.10 Å². The molecule has 1 aromatic carbocycles. The fourth-order valence-electron chi connectivity index (χ4n) is 2.25. The van der Waals surface area contributed by atoms with Gasteiger partial charge in [0, 0.05) is 22.7 Å². The Kier molecular flexibility index (Phi) is 3.47. The zero-order valence-electron chi connectivity index (χ0n) is 11.7. The Morgan fingerprint density at radius 1 is 1.19 bits per heavy atom. The number of hydrogen-bond acceptors (Lipinski definition) is 3. The first kappa shape index (κ1) is 13.8. The molecule has 0 N–H and O–H groups in total. The molecule has 0 amide bonds. The number of benzene rings is 1. The van der Waals surface area contributed by atoms with Gasteiger partial charge >= 0.3 is 0 Å². The van der Waals surface area contributed by atoms with E-state index >= 15 is 0 Å². The second-order valence-electron chi connectivity index (χ2n) is 5.16. The maximum Gasteiger partial charge on any atom is 0.169 e. The lowest BCUT2D eigenvalue weighted by molar-refractivity contribution is 0.0941. The molecule has 5 heteroatoms. The minimum absolute atomic E-state index is 0.0705. The third kappa shape index (κ3) is 2.43. The number of nitrogens with zero attached hydrogens (tertiary/aromatic N) is 3. The van der Waals surface area contributed by atoms with Crippen molar-refractivity contribution in [3.05, 3.63) is 53.4 Å². The molecule has 0 atom stereocenters. The summed E-state index contributed by atoms with van der Waals surface area (Å²) in [6.07, 6.45) is 3.27. The molecule has 3 rings (SSSR count). The van der Waals surface area contributed by atoms with Gasteiger partial charge in [-0.15, -0.1) is 0 Å². The van der Waals surface area contributed by atoms with Gasteiger partial charge in [-0.05, 0) is 18.2 Å². The lowest BCUT2D eigenvalue weighted by atomic mass is 9.97. The predicted octanol–water partition coefficient (Wildman–Crippen LogP) is 3.89. The Labute approximate surface area is 127 Å². The molecule has 0 saturated carbocycles. The Morgan fingerprint density at radius 2 is 1.90 bits per heavy atom. The molecule has 0 radical (unpaired) electrons. The van der Waals surface area contributed by atoms with Crippen molar-refractivity contribution >= 4 is 22.9 Å². The van der Waals surface area contributed by atoms with Gasteiger partial charge in [0.25, 0.3) is 0 Å². The van der Waals surface area contributed by atoms with E-state index in [-0.39, 0.29) is 11.7 Å². The van der Waals surface area contributed by atoms with E-state index in [2.05, 4.69) is 10.1 Å². The monoisotopic (exact) mass is 299 g/mol. The fourth-order valence-corrected chi connectivity index (χ4v) is 2.38. The van der Waals surface area contributed by atoms with Crippen molar-refractivity contribution in [3.63, 3.8) is 0 Å². The minimum Gasteiger partial charge on any atom is -0.294 e. The van der Waals surface area contributed by atoms with E-state index in [0.29, 0.717) is 16.3 Å². The van der Waals surface area contributed by atoms with E-state index < -0.39 is 0 Å². The number of aromatic nitrogens is 3. The second-order valence-corrected chi connectivity index (χ2v) is 5.60. The summed E-state index contributed by atoms with van der Waals surface area (Å²) in [5.74, 6) is -0.0293. The topological polar surface area (TPSA) is 47.3 Å². The van der Waals surface area contributed by atoms with E-state index in [9.17, 15) is 4.79 Å². The number of fused-ring (bicyclic) bond motifs is 1. The van der Waals surface area contributed by atoms with Gasteiger partial charge in [0.1, 0.15) is 12.0 Å². The van der Waals surface area contributed by atoms with E-state index in [1.165, 1.54) is 0 Å². The average Bonchev–Trinajstić information content (AvgIpc) is 2.86. The summed E-state index contributed by atoms with van der Waals surface area (Å²) in [5.41, 5.74) is 2.94. The number of rotatable bonds is 3. The second kappa shape index (κ2) is 5.30. The first-order valence-corrected chi connectivity index (χ1v) is 7.08. The van der Waals surface area contributed by atoms with Crippen LogP contribution in [0.1, 0.15) is 24.2 Å². The first-order chi connectivity index (χ1) is 10.1. The van der Waals surface area contributed by atoms with Gasteiger partial charge in [-0.1, -0.05) is 37.6 Å². The number of ketones is 1. The molecule has 0 aliphatic rings. The SMILES string of the molecule is CC(C)C(=O)c1c(-c2ccc(Cl)cc2)nn2cnccc12. The molecular formula is C16H14ClN3O. The van der Waals surface area contributed by atoms with E-state index in [1.54, 1.807) is 29.2 Å². The summed E-state index contributed by atoms with van der Waals surface area (Å²) in [7, 11) is 0. The quantitative estimate of drug-likeness (QED) is 0.689. The van der Waals surface area contributed by atoms with E-state index in [1.807, 2.05) is 32.0 Å². The molecule has 21 heavy (non-hydrogen) atoms. The van der Waals surface area contributed by atoms with Gasteiger partial charge in [0.2, 0.25) is 0 Å². The molecule has 3 aromatic rings. The summed E-state index contributed by atoms with van der Waals surface area (Å²) in [4.78, 5) is 16.6. The number of carbonyl (C=O) groups excluding carboxylic acids is 1. The molecule has 2 heterocycles. The predicted molar refractivity (Wildman–Crippen MR) is 82.6 cm³/mol. The summed E-state index contributed by atoms with van der Waals surface area (Å²) >= 11 is 5.93. The summed E-state index contributed by atoms with van der Waals surface area (Å²) < 4.78 is 1.64. The zero-order chi connectivity index (χ0) is 15.0. The van der Waals surface area contributed by atoms with Crippen LogP contribution < -0.4 is 0 Å². The van der Waals surface area contributed by atoms with Crippen LogP contribution in [-0.4, -0.2) is 20.4 Å². The van der Waals surface area contributed by atoms with Crippen molar-refractivity contribution in [2.75, 3.05) is 0 Å². The van der Waals surface area contributed by atoms with Crippen LogP contribution in [0.15, 0.2) is 42.9 Å². The van der Waals surface area contributed by atoms with Crippen molar-refractivity contribution in [2.45, 2.75) is 13.8 Å². The highest BCUT2D eigenvalue weighted by atomic mass is 35.5. The van der Waals surface area contributed by atoms with Crippen LogP contribution in [0.4, 0.5) is 0 Å². The van der Waals surface area contributed by atoms with E-state index in [0.717, 1.165) is 11.1 Å². The normalized spacial score (nSPS) is 11.2.